The minimum atomic E-state index is 0.145. The van der Waals surface area contributed by atoms with Gasteiger partial charge in [-0.05, 0) is 50.4 Å². The van der Waals surface area contributed by atoms with Crippen molar-refractivity contribution < 1.29 is 4.79 Å². The van der Waals surface area contributed by atoms with Crippen LogP contribution in [-0.2, 0) is 10.2 Å². The summed E-state index contributed by atoms with van der Waals surface area (Å²) in [6, 6.07) is 9.20. The molecule has 1 aromatic carbocycles. The number of hydrogen-bond donors (Lipinski definition) is 0. The summed E-state index contributed by atoms with van der Waals surface area (Å²) in [5, 5.41) is 9.25. The Hall–Kier alpha value is -1.99. The van der Waals surface area contributed by atoms with Gasteiger partial charge in [-0.1, -0.05) is 29.5 Å². The Balaban J connectivity index is 1.24. The van der Waals surface area contributed by atoms with Crippen LogP contribution in [0.4, 0.5) is 10.8 Å². The Kier molecular flexibility index (Phi) is 4.59. The first-order valence-electron chi connectivity index (χ1n) is 10.3. The van der Waals surface area contributed by atoms with E-state index in [0.29, 0.717) is 6.04 Å². The number of rotatable bonds is 2. The number of anilines is 2. The number of aromatic nitrogens is 2. The first-order valence-corrected chi connectivity index (χ1v) is 11.2. The van der Waals surface area contributed by atoms with E-state index in [2.05, 4.69) is 44.3 Å². The van der Waals surface area contributed by atoms with Crippen LogP contribution in [0.25, 0.3) is 0 Å². The molecule has 0 atom stereocenters. The largest absolute Gasteiger partial charge is 0.347 e. The van der Waals surface area contributed by atoms with Crippen molar-refractivity contribution in [3.8, 4) is 0 Å². The van der Waals surface area contributed by atoms with Gasteiger partial charge in [-0.2, -0.15) is 0 Å². The first-order chi connectivity index (χ1) is 13.7. The minimum Gasteiger partial charge on any atom is -0.347 e. The average Bonchev–Trinajstić information content (AvgIpc) is 3.37. The maximum absolute atomic E-state index is 12.2. The lowest BCUT2D eigenvalue weighted by molar-refractivity contribution is -0.116. The molecule has 1 spiro atoms. The van der Waals surface area contributed by atoms with E-state index in [1.54, 1.807) is 18.3 Å². The van der Waals surface area contributed by atoms with Gasteiger partial charge in [0.15, 0.2) is 0 Å². The van der Waals surface area contributed by atoms with Crippen LogP contribution in [-0.4, -0.2) is 59.8 Å². The predicted octanol–water partition coefficient (Wildman–Crippen LogP) is 2.91. The summed E-state index contributed by atoms with van der Waals surface area (Å²) < 4.78 is 0. The Morgan fingerprint density at radius 3 is 2.57 bits per heavy atom. The van der Waals surface area contributed by atoms with Crippen molar-refractivity contribution in [3.05, 3.63) is 35.3 Å². The van der Waals surface area contributed by atoms with E-state index in [4.69, 9.17) is 0 Å². The molecule has 148 valence electrons. The van der Waals surface area contributed by atoms with Gasteiger partial charge in [0.05, 0.1) is 0 Å². The van der Waals surface area contributed by atoms with E-state index in [0.717, 1.165) is 56.4 Å². The van der Waals surface area contributed by atoms with Crippen molar-refractivity contribution in [1.29, 1.82) is 0 Å². The van der Waals surface area contributed by atoms with Crippen molar-refractivity contribution in [1.82, 2.24) is 15.1 Å². The van der Waals surface area contributed by atoms with Crippen LogP contribution in [0.2, 0.25) is 0 Å². The fourth-order valence-electron chi connectivity index (χ4n) is 5.38. The zero-order chi connectivity index (χ0) is 19.1. The topological polar surface area (TPSA) is 52.6 Å². The highest BCUT2D eigenvalue weighted by atomic mass is 32.1. The molecule has 2 aromatic rings. The standard InChI is InChI=1S/C21H27N5OS/c1-16(27)26-14-21(18-4-2-3-5-19(18)26)8-12-24(13-9-21)17-6-10-25(11-7-17)20-23-22-15-28-20/h2-5,15,17H,6-14H2,1H3. The van der Waals surface area contributed by atoms with Gasteiger partial charge in [0, 0.05) is 43.7 Å². The van der Waals surface area contributed by atoms with Crippen LogP contribution in [0.1, 0.15) is 38.2 Å². The lowest BCUT2D eigenvalue weighted by atomic mass is 9.74. The Labute approximate surface area is 170 Å². The normalized spacial score (nSPS) is 22.6. The van der Waals surface area contributed by atoms with Crippen molar-refractivity contribution in [3.63, 3.8) is 0 Å². The molecule has 0 aliphatic carbocycles. The van der Waals surface area contributed by atoms with Gasteiger partial charge in [-0.25, -0.2) is 0 Å². The summed E-state index contributed by atoms with van der Waals surface area (Å²) in [5.41, 5.74) is 4.48. The number of benzene rings is 1. The molecule has 1 amide bonds. The van der Waals surface area contributed by atoms with E-state index < -0.39 is 0 Å². The summed E-state index contributed by atoms with van der Waals surface area (Å²) >= 11 is 1.63. The average molecular weight is 398 g/mol. The second-order valence-electron chi connectivity index (χ2n) is 8.38. The minimum absolute atomic E-state index is 0.145. The number of nitrogens with zero attached hydrogens (tertiary/aromatic N) is 5. The molecular formula is C21H27N5OS. The van der Waals surface area contributed by atoms with Crippen LogP contribution in [0.3, 0.4) is 0 Å². The van der Waals surface area contributed by atoms with Gasteiger partial charge in [-0.3, -0.25) is 4.79 Å². The second-order valence-corrected chi connectivity index (χ2v) is 9.19. The summed E-state index contributed by atoms with van der Waals surface area (Å²) in [6.45, 7) is 6.94. The molecular weight excluding hydrogens is 370 g/mol. The summed E-state index contributed by atoms with van der Waals surface area (Å²) in [4.78, 5) is 19.2. The molecule has 0 saturated carbocycles. The maximum atomic E-state index is 12.2. The third-order valence-electron chi connectivity index (χ3n) is 6.96. The molecule has 0 bridgehead atoms. The van der Waals surface area contributed by atoms with Gasteiger partial charge < -0.3 is 14.7 Å². The highest BCUT2D eigenvalue weighted by molar-refractivity contribution is 7.13. The highest BCUT2D eigenvalue weighted by Gasteiger charge is 2.46. The van der Waals surface area contributed by atoms with E-state index in [1.807, 2.05) is 10.4 Å². The maximum Gasteiger partial charge on any atom is 0.223 e. The highest BCUT2D eigenvalue weighted by Crippen LogP contribution is 2.47. The van der Waals surface area contributed by atoms with Crippen LogP contribution in [0.15, 0.2) is 29.8 Å². The Morgan fingerprint density at radius 1 is 1.14 bits per heavy atom. The molecule has 2 fully saturated rings. The summed E-state index contributed by atoms with van der Waals surface area (Å²) in [7, 11) is 0. The Morgan fingerprint density at radius 2 is 1.89 bits per heavy atom. The van der Waals surface area contributed by atoms with Crippen LogP contribution in [0, 0.1) is 0 Å². The van der Waals surface area contributed by atoms with E-state index >= 15 is 0 Å². The van der Waals surface area contributed by atoms with E-state index in [9.17, 15) is 4.79 Å². The van der Waals surface area contributed by atoms with Crippen LogP contribution < -0.4 is 9.80 Å². The van der Waals surface area contributed by atoms with Gasteiger partial charge in [0.2, 0.25) is 11.0 Å². The molecule has 0 unspecified atom stereocenters. The SMILES string of the molecule is CC(=O)N1CC2(CCN(C3CCN(c4nncs4)CC3)CC2)c2ccccc21. The van der Waals surface area contributed by atoms with Crippen molar-refractivity contribution in [2.75, 3.05) is 42.5 Å². The molecule has 2 saturated heterocycles. The van der Waals surface area contributed by atoms with Crippen LogP contribution >= 0.6 is 11.3 Å². The predicted molar refractivity (Wildman–Crippen MR) is 112 cm³/mol. The molecule has 28 heavy (non-hydrogen) atoms. The molecule has 6 nitrogen and oxygen atoms in total. The summed E-state index contributed by atoms with van der Waals surface area (Å²) in [5.74, 6) is 0.163. The molecule has 0 N–H and O–H groups in total. The molecule has 1 aromatic heterocycles. The zero-order valence-electron chi connectivity index (χ0n) is 16.4. The lowest BCUT2D eigenvalue weighted by Gasteiger charge is -2.45. The fourth-order valence-corrected chi connectivity index (χ4v) is 6.00. The monoisotopic (exact) mass is 397 g/mol. The first kappa shape index (κ1) is 18.1. The number of amides is 1. The molecule has 5 rings (SSSR count). The molecule has 7 heteroatoms. The van der Waals surface area contributed by atoms with Crippen molar-refractivity contribution >= 4 is 28.1 Å². The molecule has 3 aliphatic heterocycles. The third-order valence-corrected chi connectivity index (χ3v) is 7.71. The number of carbonyl (C=O) groups excluding carboxylic acids is 1. The number of para-hydroxylation sites is 1. The zero-order valence-corrected chi connectivity index (χ0v) is 17.2. The fraction of sp³-hybridized carbons (Fsp3) is 0.571. The third kappa shape index (κ3) is 3.01. The molecule has 4 heterocycles. The van der Waals surface area contributed by atoms with Gasteiger partial charge in [0.1, 0.15) is 5.51 Å². The van der Waals surface area contributed by atoms with Gasteiger partial charge >= 0.3 is 0 Å². The van der Waals surface area contributed by atoms with Gasteiger partial charge in [0.25, 0.3) is 0 Å². The second kappa shape index (κ2) is 7.12. The quantitative estimate of drug-likeness (QED) is 0.780. The number of piperidine rings is 2. The van der Waals surface area contributed by atoms with E-state index in [1.165, 1.54) is 18.4 Å². The van der Waals surface area contributed by atoms with Crippen molar-refractivity contribution in [2.24, 2.45) is 0 Å². The van der Waals surface area contributed by atoms with Crippen LogP contribution in [0.5, 0.6) is 0 Å². The summed E-state index contributed by atoms with van der Waals surface area (Å²) in [6.07, 6.45) is 4.68. The van der Waals surface area contributed by atoms with Crippen molar-refractivity contribution in [2.45, 2.75) is 44.1 Å². The van der Waals surface area contributed by atoms with Gasteiger partial charge in [-0.15, -0.1) is 10.2 Å². The Bertz CT molecular complexity index is 838. The molecule has 0 radical (unpaired) electrons. The number of likely N-dealkylation sites (tertiary alicyclic amines) is 1. The smallest absolute Gasteiger partial charge is 0.223 e. The number of fused-ring (bicyclic) bond motifs is 2. The number of hydrogen-bond acceptors (Lipinski definition) is 6. The number of carbonyl (C=O) groups is 1. The molecule has 3 aliphatic rings. The lowest BCUT2D eigenvalue weighted by Crippen LogP contribution is -2.51. The van der Waals surface area contributed by atoms with E-state index in [-0.39, 0.29) is 11.3 Å².